The van der Waals surface area contributed by atoms with Gasteiger partial charge in [-0.05, 0) is 29.8 Å². The number of halogens is 3. The van der Waals surface area contributed by atoms with E-state index in [1.807, 2.05) is 0 Å². The van der Waals surface area contributed by atoms with Gasteiger partial charge in [0.05, 0.1) is 17.7 Å². The first kappa shape index (κ1) is 13.5. The summed E-state index contributed by atoms with van der Waals surface area (Å²) in [5, 5.41) is -0.271. The summed E-state index contributed by atoms with van der Waals surface area (Å²) >= 11 is 5.48. The molecule has 5 heteroatoms. The zero-order valence-corrected chi connectivity index (χ0v) is 10.7. The van der Waals surface area contributed by atoms with Crippen LogP contribution in [0, 0.1) is 11.6 Å². The SMILES string of the molecule is COC(=O)c1ccc(-c2ccc(Cl)c(F)c2F)cc1. The second-order valence-electron chi connectivity index (χ2n) is 3.79. The number of benzene rings is 2. The summed E-state index contributed by atoms with van der Waals surface area (Å²) in [4.78, 5) is 11.3. The molecular weight excluding hydrogens is 274 g/mol. The Morgan fingerprint density at radius 3 is 2.26 bits per heavy atom. The van der Waals surface area contributed by atoms with Gasteiger partial charge < -0.3 is 4.74 Å². The molecule has 2 nitrogen and oxygen atoms in total. The Morgan fingerprint density at radius 2 is 1.68 bits per heavy atom. The van der Waals surface area contributed by atoms with Crippen LogP contribution in [0.3, 0.4) is 0 Å². The monoisotopic (exact) mass is 282 g/mol. The van der Waals surface area contributed by atoms with Gasteiger partial charge in [0.15, 0.2) is 11.6 Å². The normalized spacial score (nSPS) is 10.3. The van der Waals surface area contributed by atoms with E-state index >= 15 is 0 Å². The fourth-order valence-electron chi connectivity index (χ4n) is 1.65. The fourth-order valence-corrected chi connectivity index (χ4v) is 1.80. The molecule has 0 amide bonds. The molecule has 2 aromatic carbocycles. The third-order valence-electron chi connectivity index (χ3n) is 2.65. The molecule has 19 heavy (non-hydrogen) atoms. The average Bonchev–Trinajstić information content (AvgIpc) is 2.44. The molecule has 0 radical (unpaired) electrons. The molecule has 0 fully saturated rings. The van der Waals surface area contributed by atoms with Crippen LogP contribution in [-0.4, -0.2) is 13.1 Å². The predicted molar refractivity (Wildman–Crippen MR) is 68.1 cm³/mol. The highest BCUT2D eigenvalue weighted by molar-refractivity contribution is 6.30. The smallest absolute Gasteiger partial charge is 0.337 e. The molecule has 98 valence electrons. The van der Waals surface area contributed by atoms with Gasteiger partial charge in [-0.1, -0.05) is 23.7 Å². The van der Waals surface area contributed by atoms with Gasteiger partial charge in [-0.25, -0.2) is 13.6 Å². The first-order chi connectivity index (χ1) is 9.04. The third kappa shape index (κ3) is 2.58. The molecule has 0 saturated heterocycles. The lowest BCUT2D eigenvalue weighted by molar-refractivity contribution is 0.0601. The lowest BCUT2D eigenvalue weighted by Crippen LogP contribution is -2.00. The van der Waals surface area contributed by atoms with Crippen molar-refractivity contribution in [3.8, 4) is 11.1 Å². The highest BCUT2D eigenvalue weighted by atomic mass is 35.5. The van der Waals surface area contributed by atoms with E-state index in [1.54, 1.807) is 0 Å². The van der Waals surface area contributed by atoms with Crippen molar-refractivity contribution < 1.29 is 18.3 Å². The van der Waals surface area contributed by atoms with Crippen molar-refractivity contribution in [2.24, 2.45) is 0 Å². The van der Waals surface area contributed by atoms with Gasteiger partial charge in [0, 0.05) is 5.56 Å². The lowest BCUT2D eigenvalue weighted by Gasteiger charge is -2.06. The molecule has 0 aliphatic carbocycles. The molecule has 2 rings (SSSR count). The Balaban J connectivity index is 2.43. The Kier molecular flexibility index (Phi) is 3.81. The van der Waals surface area contributed by atoms with Crippen LogP contribution in [-0.2, 0) is 4.74 Å². The quantitative estimate of drug-likeness (QED) is 0.613. The molecule has 0 aliphatic heterocycles. The first-order valence-corrected chi connectivity index (χ1v) is 5.74. The van der Waals surface area contributed by atoms with Crippen LogP contribution >= 0.6 is 11.6 Å². The zero-order valence-electron chi connectivity index (χ0n) is 9.91. The van der Waals surface area contributed by atoms with Crippen LogP contribution in [0.25, 0.3) is 11.1 Å². The van der Waals surface area contributed by atoms with Gasteiger partial charge in [0.1, 0.15) is 0 Å². The zero-order chi connectivity index (χ0) is 14.0. The van der Waals surface area contributed by atoms with Crippen LogP contribution in [0.5, 0.6) is 0 Å². The Hall–Kier alpha value is -1.94. The van der Waals surface area contributed by atoms with Crippen molar-refractivity contribution in [2.75, 3.05) is 7.11 Å². The highest BCUT2D eigenvalue weighted by Crippen LogP contribution is 2.28. The van der Waals surface area contributed by atoms with Crippen LogP contribution in [0.15, 0.2) is 36.4 Å². The van der Waals surface area contributed by atoms with E-state index in [1.165, 1.54) is 43.5 Å². The second-order valence-corrected chi connectivity index (χ2v) is 4.20. The maximum atomic E-state index is 13.7. The molecule has 0 aliphatic rings. The summed E-state index contributed by atoms with van der Waals surface area (Å²) < 4.78 is 31.6. The molecule has 0 bridgehead atoms. The Bertz CT molecular complexity index is 624. The van der Waals surface area contributed by atoms with Gasteiger partial charge in [-0.2, -0.15) is 0 Å². The van der Waals surface area contributed by atoms with E-state index in [4.69, 9.17) is 11.6 Å². The third-order valence-corrected chi connectivity index (χ3v) is 2.94. The number of hydrogen-bond donors (Lipinski definition) is 0. The van der Waals surface area contributed by atoms with E-state index < -0.39 is 17.6 Å². The van der Waals surface area contributed by atoms with Gasteiger partial charge >= 0.3 is 5.97 Å². The number of rotatable bonds is 2. The maximum absolute atomic E-state index is 13.7. The Morgan fingerprint density at radius 1 is 1.05 bits per heavy atom. The maximum Gasteiger partial charge on any atom is 0.337 e. The largest absolute Gasteiger partial charge is 0.465 e. The van der Waals surface area contributed by atoms with Crippen molar-refractivity contribution in [2.45, 2.75) is 0 Å². The minimum Gasteiger partial charge on any atom is -0.465 e. The molecule has 0 saturated carbocycles. The number of carbonyl (C=O) groups is 1. The molecule has 0 spiro atoms. The molecule has 0 aromatic heterocycles. The van der Waals surface area contributed by atoms with Crippen LogP contribution in [0.2, 0.25) is 5.02 Å². The number of methoxy groups -OCH3 is 1. The van der Waals surface area contributed by atoms with Crippen molar-refractivity contribution in [3.05, 3.63) is 58.6 Å². The van der Waals surface area contributed by atoms with Crippen molar-refractivity contribution in [1.82, 2.24) is 0 Å². The van der Waals surface area contributed by atoms with Crippen molar-refractivity contribution >= 4 is 17.6 Å². The summed E-state index contributed by atoms with van der Waals surface area (Å²) in [5.74, 6) is -2.59. The van der Waals surface area contributed by atoms with Gasteiger partial charge in [-0.3, -0.25) is 0 Å². The first-order valence-electron chi connectivity index (χ1n) is 5.37. The minimum atomic E-state index is -1.09. The fraction of sp³-hybridized carbons (Fsp3) is 0.0714. The van der Waals surface area contributed by atoms with Gasteiger partial charge in [-0.15, -0.1) is 0 Å². The molecule has 0 N–H and O–H groups in total. The van der Waals surface area contributed by atoms with E-state index in [-0.39, 0.29) is 10.6 Å². The summed E-state index contributed by atoms with van der Waals surface area (Å²) in [6, 6.07) is 8.65. The second kappa shape index (κ2) is 5.36. The lowest BCUT2D eigenvalue weighted by atomic mass is 10.0. The van der Waals surface area contributed by atoms with Crippen LogP contribution in [0.1, 0.15) is 10.4 Å². The minimum absolute atomic E-state index is 0.0818. The topological polar surface area (TPSA) is 26.3 Å². The van der Waals surface area contributed by atoms with Crippen molar-refractivity contribution in [1.29, 1.82) is 0 Å². The molecular formula is C14H9ClF2O2. The predicted octanol–water partition coefficient (Wildman–Crippen LogP) is 4.07. The summed E-state index contributed by atoms with van der Waals surface area (Å²) in [7, 11) is 1.27. The number of carbonyl (C=O) groups excluding carboxylic acids is 1. The molecule has 0 atom stereocenters. The molecule has 0 heterocycles. The number of ether oxygens (including phenoxy) is 1. The standard InChI is InChI=1S/C14H9ClF2O2/c1-19-14(18)9-4-2-8(3-5-9)10-6-7-11(15)13(17)12(10)16/h2-7H,1H3. The summed E-state index contributed by atoms with van der Waals surface area (Å²) in [5.41, 5.74) is 0.861. The van der Waals surface area contributed by atoms with Gasteiger partial charge in [0.2, 0.25) is 0 Å². The van der Waals surface area contributed by atoms with Gasteiger partial charge in [0.25, 0.3) is 0 Å². The Labute approximate surface area is 113 Å². The number of hydrogen-bond acceptors (Lipinski definition) is 2. The van der Waals surface area contributed by atoms with Crippen LogP contribution in [0.4, 0.5) is 8.78 Å². The van der Waals surface area contributed by atoms with E-state index in [9.17, 15) is 13.6 Å². The summed E-state index contributed by atoms with van der Waals surface area (Å²) in [6.07, 6.45) is 0. The summed E-state index contributed by atoms with van der Waals surface area (Å²) in [6.45, 7) is 0. The van der Waals surface area contributed by atoms with E-state index in [2.05, 4.69) is 4.74 Å². The molecule has 0 unspecified atom stereocenters. The number of esters is 1. The van der Waals surface area contributed by atoms with E-state index in [0.717, 1.165) is 0 Å². The molecule has 2 aromatic rings. The van der Waals surface area contributed by atoms with Crippen molar-refractivity contribution in [3.63, 3.8) is 0 Å². The average molecular weight is 283 g/mol. The van der Waals surface area contributed by atoms with Crippen LogP contribution < -0.4 is 0 Å². The van der Waals surface area contributed by atoms with E-state index in [0.29, 0.717) is 11.1 Å². The highest BCUT2D eigenvalue weighted by Gasteiger charge is 2.14.